The first-order valence-corrected chi connectivity index (χ1v) is 13.3. The van der Waals surface area contributed by atoms with Crippen LogP contribution in [0.15, 0.2) is 24.5 Å². The van der Waals surface area contributed by atoms with E-state index in [0.717, 1.165) is 0 Å². The van der Waals surface area contributed by atoms with Crippen LogP contribution in [0.25, 0.3) is 0 Å². The molecule has 0 atom stereocenters. The molecule has 0 saturated heterocycles. The molecule has 0 amide bonds. The second kappa shape index (κ2) is 20.4. The van der Waals surface area contributed by atoms with Crippen molar-refractivity contribution >= 4 is 0 Å². The fraction of sp³-hybridized carbons (Fsp3) is 0.821. The summed E-state index contributed by atoms with van der Waals surface area (Å²) < 4.78 is 2.37. The van der Waals surface area contributed by atoms with Crippen LogP contribution in [0.2, 0.25) is 0 Å². The molecule has 0 spiro atoms. The quantitative estimate of drug-likeness (QED) is 0.143. The maximum absolute atomic E-state index is 2.37. The van der Waals surface area contributed by atoms with Crippen LogP contribution < -0.4 is 4.57 Å². The molecule has 0 unspecified atom stereocenters. The molecule has 0 aliphatic rings. The monoisotopic (exact) mass is 402 g/mol. The molecule has 1 rings (SSSR count). The highest BCUT2D eigenvalue weighted by Gasteiger charge is 2.02. The third-order valence-electron chi connectivity index (χ3n) is 6.30. The van der Waals surface area contributed by atoms with Gasteiger partial charge in [0.2, 0.25) is 0 Å². The molecule has 0 saturated carbocycles. The Morgan fingerprint density at radius 3 is 1.31 bits per heavy atom. The van der Waals surface area contributed by atoms with E-state index in [4.69, 9.17) is 0 Å². The number of hydrogen-bond acceptors (Lipinski definition) is 0. The van der Waals surface area contributed by atoms with Crippen molar-refractivity contribution < 1.29 is 4.57 Å². The van der Waals surface area contributed by atoms with Gasteiger partial charge in [-0.3, -0.25) is 0 Å². The van der Waals surface area contributed by atoms with E-state index in [1.807, 2.05) is 0 Å². The fourth-order valence-corrected chi connectivity index (χ4v) is 4.23. The van der Waals surface area contributed by atoms with Gasteiger partial charge in [-0.15, -0.1) is 0 Å². The zero-order chi connectivity index (χ0) is 20.8. The second-order valence-electron chi connectivity index (χ2n) is 9.20. The lowest BCUT2D eigenvalue weighted by molar-refractivity contribution is -0.697. The van der Waals surface area contributed by atoms with Crippen LogP contribution in [0.3, 0.4) is 0 Å². The van der Waals surface area contributed by atoms with E-state index in [2.05, 4.69) is 42.9 Å². The lowest BCUT2D eigenvalue weighted by atomic mass is 10.0. The van der Waals surface area contributed by atoms with Crippen LogP contribution in [-0.4, -0.2) is 0 Å². The molecule has 0 radical (unpaired) electrons. The number of pyridine rings is 1. The number of aromatic nitrogens is 1. The molecular formula is C28H52N+. The van der Waals surface area contributed by atoms with Crippen LogP contribution in [-0.2, 0) is 13.0 Å². The fourth-order valence-electron chi connectivity index (χ4n) is 4.23. The van der Waals surface area contributed by atoms with Gasteiger partial charge in [-0.25, -0.2) is 4.57 Å². The summed E-state index contributed by atoms with van der Waals surface area (Å²) in [5, 5.41) is 0. The summed E-state index contributed by atoms with van der Waals surface area (Å²) in [7, 11) is 0. The first-order chi connectivity index (χ1) is 14.4. The Kier molecular flexibility index (Phi) is 18.4. The summed E-state index contributed by atoms with van der Waals surface area (Å²) in [6.45, 7) is 5.77. The largest absolute Gasteiger partial charge is 0.205 e. The average Bonchev–Trinajstić information content (AvgIpc) is 2.75. The second-order valence-corrected chi connectivity index (χ2v) is 9.20. The van der Waals surface area contributed by atoms with E-state index in [1.165, 1.54) is 141 Å². The highest BCUT2D eigenvalue weighted by Crippen LogP contribution is 2.13. The molecule has 1 nitrogen and oxygen atoms in total. The summed E-state index contributed by atoms with van der Waals surface area (Å²) >= 11 is 0. The predicted octanol–water partition coefficient (Wildman–Crippen LogP) is 8.97. The molecule has 1 heteroatoms. The smallest absolute Gasteiger partial charge is 0.169 e. The van der Waals surface area contributed by atoms with Gasteiger partial charge >= 0.3 is 0 Å². The van der Waals surface area contributed by atoms with Gasteiger partial charge in [-0.05, 0) is 24.8 Å². The zero-order valence-corrected chi connectivity index (χ0v) is 20.1. The van der Waals surface area contributed by atoms with Gasteiger partial charge in [0.25, 0.3) is 0 Å². The minimum absolute atomic E-state index is 1.19. The first kappa shape index (κ1) is 26.2. The van der Waals surface area contributed by atoms with Crippen molar-refractivity contribution in [3.8, 4) is 0 Å². The van der Waals surface area contributed by atoms with Gasteiger partial charge in [0.05, 0.1) is 0 Å². The average molecular weight is 403 g/mol. The highest BCUT2D eigenvalue weighted by atomic mass is 14.9. The molecule has 1 aromatic rings. The van der Waals surface area contributed by atoms with Crippen molar-refractivity contribution in [1.29, 1.82) is 0 Å². The molecule has 0 bridgehead atoms. The van der Waals surface area contributed by atoms with Crippen molar-refractivity contribution in [3.63, 3.8) is 0 Å². The lowest BCUT2D eigenvalue weighted by Gasteiger charge is -2.04. The lowest BCUT2D eigenvalue weighted by Crippen LogP contribution is -2.32. The Labute approximate surface area is 183 Å². The molecule has 0 aliphatic heterocycles. The Hall–Kier alpha value is -0.850. The molecule has 0 aliphatic carbocycles. The Bertz CT molecular complexity index is 436. The topological polar surface area (TPSA) is 3.88 Å². The minimum Gasteiger partial charge on any atom is -0.205 e. The van der Waals surface area contributed by atoms with E-state index < -0.39 is 0 Å². The van der Waals surface area contributed by atoms with E-state index in [9.17, 15) is 0 Å². The van der Waals surface area contributed by atoms with Crippen molar-refractivity contribution in [2.75, 3.05) is 0 Å². The highest BCUT2D eigenvalue weighted by molar-refractivity contribution is 5.07. The van der Waals surface area contributed by atoms with Crippen molar-refractivity contribution in [1.82, 2.24) is 0 Å². The maximum Gasteiger partial charge on any atom is 0.169 e. The van der Waals surface area contributed by atoms with Crippen molar-refractivity contribution in [2.45, 2.75) is 149 Å². The van der Waals surface area contributed by atoms with Crippen LogP contribution in [0, 0.1) is 0 Å². The number of nitrogens with zero attached hydrogens (tertiary/aromatic N) is 1. The molecule has 1 heterocycles. The van der Waals surface area contributed by atoms with E-state index >= 15 is 0 Å². The van der Waals surface area contributed by atoms with E-state index in [-0.39, 0.29) is 0 Å². The molecule has 0 N–H and O–H groups in total. The predicted molar refractivity (Wildman–Crippen MR) is 129 cm³/mol. The standard InChI is InChI=1S/C28H52N/c1-3-5-7-9-11-12-13-14-15-16-18-20-22-28-23-26-29(27-24-28)25-21-19-17-10-8-6-4-2/h23-24,26-27H,3-22,25H2,1-2H3/q+1. The van der Waals surface area contributed by atoms with Crippen LogP contribution >= 0.6 is 0 Å². The minimum atomic E-state index is 1.19. The number of unbranched alkanes of at least 4 members (excludes halogenated alkanes) is 17. The summed E-state index contributed by atoms with van der Waals surface area (Å²) in [4.78, 5) is 0. The van der Waals surface area contributed by atoms with Crippen LogP contribution in [0.1, 0.15) is 141 Å². The van der Waals surface area contributed by atoms with E-state index in [1.54, 1.807) is 0 Å². The molecule has 168 valence electrons. The summed E-state index contributed by atoms with van der Waals surface area (Å²) in [6, 6.07) is 4.69. The SMILES string of the molecule is CCCCCCCCCCCCCCc1cc[n+](CCCCCCCCC)cc1. The molecule has 1 aromatic heterocycles. The summed E-state index contributed by atoms with van der Waals surface area (Å²) in [5.41, 5.74) is 1.52. The Morgan fingerprint density at radius 2 is 0.862 bits per heavy atom. The Morgan fingerprint density at radius 1 is 0.483 bits per heavy atom. The first-order valence-electron chi connectivity index (χ1n) is 13.3. The van der Waals surface area contributed by atoms with Crippen LogP contribution in [0.5, 0.6) is 0 Å². The maximum atomic E-state index is 2.37. The molecule has 0 fully saturated rings. The van der Waals surface area contributed by atoms with Gasteiger partial charge in [0.15, 0.2) is 12.4 Å². The van der Waals surface area contributed by atoms with Gasteiger partial charge in [-0.2, -0.15) is 0 Å². The summed E-state index contributed by atoms with van der Waals surface area (Å²) in [5.74, 6) is 0. The third kappa shape index (κ3) is 16.6. The molecule has 29 heavy (non-hydrogen) atoms. The van der Waals surface area contributed by atoms with Gasteiger partial charge in [0.1, 0.15) is 6.54 Å². The van der Waals surface area contributed by atoms with E-state index in [0.29, 0.717) is 0 Å². The number of aryl methyl sites for hydroxylation is 2. The van der Waals surface area contributed by atoms with Crippen molar-refractivity contribution in [3.05, 3.63) is 30.1 Å². The van der Waals surface area contributed by atoms with Gasteiger partial charge in [0, 0.05) is 18.6 Å². The van der Waals surface area contributed by atoms with Gasteiger partial charge in [-0.1, -0.05) is 117 Å². The summed E-state index contributed by atoms with van der Waals surface area (Å²) in [6.07, 6.45) is 32.8. The Balaban J connectivity index is 1.91. The number of rotatable bonds is 21. The normalized spacial score (nSPS) is 11.2. The zero-order valence-electron chi connectivity index (χ0n) is 20.1. The van der Waals surface area contributed by atoms with Gasteiger partial charge < -0.3 is 0 Å². The molecular weight excluding hydrogens is 350 g/mol. The third-order valence-corrected chi connectivity index (χ3v) is 6.30. The molecule has 0 aromatic carbocycles. The number of hydrogen-bond donors (Lipinski definition) is 0. The van der Waals surface area contributed by atoms with Crippen LogP contribution in [0.4, 0.5) is 0 Å². The van der Waals surface area contributed by atoms with Crippen molar-refractivity contribution in [2.24, 2.45) is 0 Å².